The van der Waals surface area contributed by atoms with Gasteiger partial charge in [0.2, 0.25) is 5.95 Å². The lowest BCUT2D eigenvalue weighted by atomic mass is 10.2. The highest BCUT2D eigenvalue weighted by Crippen LogP contribution is 2.31. The van der Waals surface area contributed by atoms with Crippen molar-refractivity contribution in [2.45, 2.75) is 25.7 Å². The first-order valence-corrected chi connectivity index (χ1v) is 11.4. The molecule has 3 rings (SSSR count). The first-order chi connectivity index (χ1) is 14.7. The normalized spacial score (nSPS) is 11.1. The third kappa shape index (κ3) is 5.56. The SMILES string of the molecule is CCNc1cc(C)nc(Nc2ccc(NS(=O)(=O)c3cc(Cl)c(C)cc3OC)cc2)n1. The van der Waals surface area contributed by atoms with E-state index >= 15 is 0 Å². The van der Waals surface area contributed by atoms with E-state index in [0.29, 0.717) is 22.3 Å². The average molecular weight is 462 g/mol. The third-order valence-corrected chi connectivity index (χ3v) is 6.15. The molecule has 0 saturated carbocycles. The summed E-state index contributed by atoms with van der Waals surface area (Å²) in [5.74, 6) is 1.40. The number of methoxy groups -OCH3 is 1. The second-order valence-corrected chi connectivity index (χ2v) is 8.87. The standard InChI is InChI=1S/C21H24ClN5O3S/c1-5-23-20-11-14(3)24-21(26-20)25-15-6-8-16(9-7-15)27-31(28,29)19-12-17(22)13(2)10-18(19)30-4/h6-12,27H,5H2,1-4H3,(H2,23,24,25,26). The molecule has 0 unspecified atom stereocenters. The number of ether oxygens (including phenoxy) is 1. The number of hydrogen-bond donors (Lipinski definition) is 3. The molecule has 0 atom stereocenters. The Balaban J connectivity index is 1.79. The lowest BCUT2D eigenvalue weighted by Gasteiger charge is -2.14. The number of halogens is 1. The Morgan fingerprint density at radius 1 is 1.03 bits per heavy atom. The van der Waals surface area contributed by atoms with Crippen molar-refractivity contribution < 1.29 is 13.2 Å². The van der Waals surface area contributed by atoms with Gasteiger partial charge >= 0.3 is 0 Å². The summed E-state index contributed by atoms with van der Waals surface area (Å²) in [6.07, 6.45) is 0. The molecule has 0 aliphatic heterocycles. The van der Waals surface area contributed by atoms with Gasteiger partial charge in [0.1, 0.15) is 16.5 Å². The van der Waals surface area contributed by atoms with Crippen LogP contribution in [0.4, 0.5) is 23.1 Å². The molecule has 3 N–H and O–H groups in total. The first-order valence-electron chi connectivity index (χ1n) is 9.55. The summed E-state index contributed by atoms with van der Waals surface area (Å²) in [5, 5.41) is 6.62. The highest BCUT2D eigenvalue weighted by molar-refractivity contribution is 7.92. The zero-order valence-corrected chi connectivity index (χ0v) is 19.2. The fraction of sp³-hybridized carbons (Fsp3) is 0.238. The number of aryl methyl sites for hydroxylation is 2. The van der Waals surface area contributed by atoms with Gasteiger partial charge in [-0.05, 0) is 62.7 Å². The van der Waals surface area contributed by atoms with Gasteiger partial charge in [0.25, 0.3) is 10.0 Å². The monoisotopic (exact) mass is 461 g/mol. The number of nitrogens with zero attached hydrogens (tertiary/aromatic N) is 2. The lowest BCUT2D eigenvalue weighted by Crippen LogP contribution is -2.14. The van der Waals surface area contributed by atoms with E-state index in [0.717, 1.165) is 23.6 Å². The molecule has 0 spiro atoms. The van der Waals surface area contributed by atoms with Crippen molar-refractivity contribution in [1.29, 1.82) is 0 Å². The summed E-state index contributed by atoms with van der Waals surface area (Å²) in [7, 11) is -2.48. The quantitative estimate of drug-likeness (QED) is 0.445. The van der Waals surface area contributed by atoms with E-state index in [-0.39, 0.29) is 10.6 Å². The van der Waals surface area contributed by atoms with Crippen LogP contribution in [0.5, 0.6) is 5.75 Å². The molecule has 2 aromatic carbocycles. The van der Waals surface area contributed by atoms with Gasteiger partial charge in [-0.25, -0.2) is 13.4 Å². The van der Waals surface area contributed by atoms with Crippen molar-refractivity contribution in [3.05, 3.63) is 58.7 Å². The minimum atomic E-state index is -3.90. The molecule has 3 aromatic rings. The van der Waals surface area contributed by atoms with E-state index in [1.165, 1.54) is 13.2 Å². The largest absolute Gasteiger partial charge is 0.495 e. The molecule has 0 aliphatic carbocycles. The lowest BCUT2D eigenvalue weighted by molar-refractivity contribution is 0.402. The zero-order valence-electron chi connectivity index (χ0n) is 17.7. The number of anilines is 4. The van der Waals surface area contributed by atoms with Crippen molar-refractivity contribution in [1.82, 2.24) is 9.97 Å². The van der Waals surface area contributed by atoms with Crippen LogP contribution < -0.4 is 20.1 Å². The maximum absolute atomic E-state index is 12.9. The van der Waals surface area contributed by atoms with Crippen LogP contribution in [0.1, 0.15) is 18.2 Å². The first kappa shape index (κ1) is 22.6. The van der Waals surface area contributed by atoms with Crippen molar-refractivity contribution in [2.75, 3.05) is 29.0 Å². The molecule has 0 bridgehead atoms. The Kier molecular flexibility index (Phi) is 6.87. The van der Waals surface area contributed by atoms with Crippen LogP contribution in [0.2, 0.25) is 5.02 Å². The third-order valence-electron chi connectivity index (χ3n) is 4.34. The number of nitrogens with one attached hydrogen (secondary N) is 3. The topological polar surface area (TPSA) is 105 Å². The van der Waals surface area contributed by atoms with Crippen molar-refractivity contribution in [3.63, 3.8) is 0 Å². The highest BCUT2D eigenvalue weighted by Gasteiger charge is 2.21. The van der Waals surface area contributed by atoms with Crippen molar-refractivity contribution in [3.8, 4) is 5.75 Å². The summed E-state index contributed by atoms with van der Waals surface area (Å²) >= 11 is 6.12. The number of rotatable bonds is 8. The summed E-state index contributed by atoms with van der Waals surface area (Å²) in [6, 6.07) is 11.6. The summed E-state index contributed by atoms with van der Waals surface area (Å²) in [5.41, 5.74) is 2.65. The van der Waals surface area contributed by atoms with E-state index in [4.69, 9.17) is 16.3 Å². The predicted octanol–water partition coefficient (Wildman–Crippen LogP) is 4.73. The summed E-state index contributed by atoms with van der Waals surface area (Å²) < 4.78 is 33.5. The Morgan fingerprint density at radius 2 is 1.71 bits per heavy atom. The van der Waals surface area contributed by atoms with Crippen LogP contribution in [0.25, 0.3) is 0 Å². The van der Waals surface area contributed by atoms with E-state index in [1.54, 1.807) is 37.3 Å². The van der Waals surface area contributed by atoms with E-state index in [1.807, 2.05) is 19.9 Å². The highest BCUT2D eigenvalue weighted by atomic mass is 35.5. The molecule has 0 radical (unpaired) electrons. The second kappa shape index (κ2) is 9.40. The van der Waals surface area contributed by atoms with E-state index in [2.05, 4.69) is 25.3 Å². The molecule has 0 aliphatic rings. The maximum Gasteiger partial charge on any atom is 0.265 e. The smallest absolute Gasteiger partial charge is 0.265 e. The minimum absolute atomic E-state index is 0.0306. The maximum atomic E-state index is 12.9. The number of sulfonamides is 1. The Labute approximate surface area is 187 Å². The van der Waals surface area contributed by atoms with Gasteiger partial charge in [0, 0.05) is 34.7 Å². The van der Waals surface area contributed by atoms with Gasteiger partial charge in [-0.1, -0.05) is 11.6 Å². The van der Waals surface area contributed by atoms with Crippen LogP contribution in [0.3, 0.4) is 0 Å². The molecule has 0 fully saturated rings. The summed E-state index contributed by atoms with van der Waals surface area (Å²) in [4.78, 5) is 8.74. The fourth-order valence-electron chi connectivity index (χ4n) is 2.86. The van der Waals surface area contributed by atoms with Crippen LogP contribution in [0, 0.1) is 13.8 Å². The fourth-order valence-corrected chi connectivity index (χ4v) is 4.33. The molecule has 1 heterocycles. The molecule has 31 heavy (non-hydrogen) atoms. The van der Waals surface area contributed by atoms with Crippen molar-refractivity contribution >= 4 is 44.8 Å². The van der Waals surface area contributed by atoms with Gasteiger partial charge in [-0.3, -0.25) is 4.72 Å². The Morgan fingerprint density at radius 3 is 2.35 bits per heavy atom. The molecular formula is C21H24ClN5O3S. The van der Waals surface area contributed by atoms with Gasteiger partial charge < -0.3 is 15.4 Å². The number of aromatic nitrogens is 2. The van der Waals surface area contributed by atoms with E-state index < -0.39 is 10.0 Å². The number of benzene rings is 2. The Hall–Kier alpha value is -3.04. The number of hydrogen-bond acceptors (Lipinski definition) is 7. The van der Waals surface area contributed by atoms with E-state index in [9.17, 15) is 8.42 Å². The summed E-state index contributed by atoms with van der Waals surface area (Å²) in [6.45, 7) is 6.41. The van der Waals surface area contributed by atoms with Crippen LogP contribution >= 0.6 is 11.6 Å². The van der Waals surface area contributed by atoms with Crippen LogP contribution in [-0.4, -0.2) is 32.0 Å². The average Bonchev–Trinajstić information content (AvgIpc) is 2.70. The van der Waals surface area contributed by atoms with Crippen molar-refractivity contribution in [2.24, 2.45) is 0 Å². The predicted molar refractivity (Wildman–Crippen MR) is 124 cm³/mol. The molecule has 0 amide bonds. The van der Waals surface area contributed by atoms with Gasteiger partial charge in [-0.15, -0.1) is 0 Å². The molecule has 10 heteroatoms. The van der Waals surface area contributed by atoms with Crippen LogP contribution in [0.15, 0.2) is 47.4 Å². The van der Waals surface area contributed by atoms with Crippen LogP contribution in [-0.2, 0) is 10.0 Å². The Bertz CT molecular complexity index is 1180. The zero-order chi connectivity index (χ0) is 22.6. The van der Waals surface area contributed by atoms with Gasteiger partial charge in [0.15, 0.2) is 0 Å². The molecular weight excluding hydrogens is 438 g/mol. The molecule has 8 nitrogen and oxygen atoms in total. The van der Waals surface area contributed by atoms with Gasteiger partial charge in [-0.2, -0.15) is 4.98 Å². The molecule has 164 valence electrons. The molecule has 0 saturated heterocycles. The molecule has 1 aromatic heterocycles. The van der Waals surface area contributed by atoms with Gasteiger partial charge in [0.05, 0.1) is 7.11 Å². The minimum Gasteiger partial charge on any atom is -0.495 e. The second-order valence-electron chi connectivity index (χ2n) is 6.81.